The maximum atomic E-state index is 12.9. The van der Waals surface area contributed by atoms with E-state index in [-0.39, 0.29) is 72.1 Å². The van der Waals surface area contributed by atoms with Gasteiger partial charge in [0.2, 0.25) is 0 Å². The molecule has 1 saturated heterocycles. The Kier molecular flexibility index (Phi) is 9.81. The number of nitrogens with zero attached hydrogens (tertiary/aromatic N) is 1. The predicted octanol–water partition coefficient (Wildman–Crippen LogP) is -5.00. The maximum Gasteiger partial charge on any atom is 1.00 e. The Labute approximate surface area is 276 Å². The van der Waals surface area contributed by atoms with Gasteiger partial charge in [0.25, 0.3) is 11.8 Å². The number of nitrogen functional groups attached to an aromatic ring is 1. The summed E-state index contributed by atoms with van der Waals surface area (Å²) in [6.07, 6.45) is -0.421. The van der Waals surface area contributed by atoms with Crippen molar-refractivity contribution < 1.29 is 97.2 Å². The number of nitrogens with two attached hydrogens (primary N) is 1. The van der Waals surface area contributed by atoms with Crippen molar-refractivity contribution >= 4 is 60.6 Å². The fourth-order valence-electron chi connectivity index (χ4n) is 4.64. The molecule has 3 aliphatic rings. The third-order valence-electron chi connectivity index (χ3n) is 6.43. The molecule has 0 aromatic heterocycles. The van der Waals surface area contributed by atoms with Crippen molar-refractivity contribution in [1.82, 2.24) is 5.06 Å². The minimum Gasteiger partial charge on any atom is -0.744 e. The van der Waals surface area contributed by atoms with E-state index in [0.717, 1.165) is 42.5 Å². The molecule has 0 radical (unpaired) electrons. The van der Waals surface area contributed by atoms with Crippen molar-refractivity contribution in [3.05, 3.63) is 58.9 Å². The van der Waals surface area contributed by atoms with Gasteiger partial charge in [0.15, 0.2) is 11.3 Å². The van der Waals surface area contributed by atoms with Gasteiger partial charge in [0, 0.05) is 29.4 Å². The van der Waals surface area contributed by atoms with Crippen LogP contribution in [0.1, 0.15) is 33.6 Å². The van der Waals surface area contributed by atoms with Gasteiger partial charge in [-0.05, 0) is 48.0 Å². The number of carboxylic acids is 1. The number of anilines is 1. The molecule has 0 atom stereocenters. The molecule has 0 saturated carbocycles. The number of rotatable bonds is 6. The average molecular weight is 643 g/mol. The molecule has 1 fully saturated rings. The van der Waals surface area contributed by atoms with E-state index in [0.29, 0.717) is 0 Å². The number of carbonyl (C=O) groups excluding carboxylic acids is 3. The number of carboxylic acid groups (broad SMARTS) is 1. The molecule has 2 aromatic rings. The molecule has 5 rings (SSSR count). The number of aromatic carboxylic acids is 1. The van der Waals surface area contributed by atoms with Crippen LogP contribution < -0.4 is 48.8 Å². The zero-order chi connectivity index (χ0) is 31.6. The number of fused-ring (bicyclic) bond motifs is 2. The Bertz CT molecular complexity index is 2180. The third kappa shape index (κ3) is 6.28. The molecule has 0 bridgehead atoms. The first-order valence-electron chi connectivity index (χ1n) is 11.7. The molecule has 2 heterocycles. The Hall–Kier alpha value is -3.98. The molecule has 4 N–H and O–H groups in total. The maximum absolute atomic E-state index is 12.9. The molecule has 0 spiro atoms. The molecule has 16 nitrogen and oxygen atoms in total. The average Bonchev–Trinajstić information content (AvgIpc) is 3.21. The van der Waals surface area contributed by atoms with Gasteiger partial charge in [-0.2, -0.15) is 0 Å². The number of carbonyl (C=O) groups is 4. The Morgan fingerprint density at radius 2 is 1.51 bits per heavy atom. The predicted molar refractivity (Wildman–Crippen MR) is 138 cm³/mol. The smallest absolute Gasteiger partial charge is 0.744 e. The van der Waals surface area contributed by atoms with E-state index < -0.39 is 92.9 Å². The first kappa shape index (κ1) is 35.5. The number of hydrogen-bond donors (Lipinski definition) is 3. The topological polar surface area (TPSA) is 278 Å². The molecule has 2 amide bonds. The van der Waals surface area contributed by atoms with Crippen molar-refractivity contribution in [3.8, 4) is 22.5 Å². The monoisotopic (exact) mass is 643 g/mol. The quantitative estimate of drug-likeness (QED) is 0.0583. The van der Waals surface area contributed by atoms with Crippen LogP contribution >= 0.6 is 0 Å². The van der Waals surface area contributed by atoms with Crippen LogP contribution in [0, 0.1) is 5.41 Å². The summed E-state index contributed by atoms with van der Waals surface area (Å²) < 4.78 is 78.7. The second kappa shape index (κ2) is 12.4. The summed E-state index contributed by atoms with van der Waals surface area (Å²) in [5, 5.41) is 17.0. The molecule has 2 aromatic carbocycles. The van der Waals surface area contributed by atoms with E-state index in [1.165, 1.54) is 0 Å². The van der Waals surface area contributed by atoms with E-state index >= 15 is 0 Å². The molecule has 20 heteroatoms. The summed E-state index contributed by atoms with van der Waals surface area (Å²) in [4.78, 5) is 51.5. The number of imide groups is 1. The minimum atomic E-state index is -5.51. The number of benzene rings is 3. The van der Waals surface area contributed by atoms with Gasteiger partial charge in [0.1, 0.15) is 30.0 Å². The zero-order valence-corrected chi connectivity index (χ0v) is 24.8. The number of hydroxylamine groups is 2. The van der Waals surface area contributed by atoms with Crippen LogP contribution in [0.4, 0.5) is 5.69 Å². The van der Waals surface area contributed by atoms with Crippen LogP contribution in [0.5, 0.6) is 0 Å². The number of amides is 2. The van der Waals surface area contributed by atoms with Gasteiger partial charge in [-0.1, -0.05) is 0 Å². The van der Waals surface area contributed by atoms with Crippen LogP contribution in [0.2, 0.25) is 0 Å². The Morgan fingerprint density at radius 1 is 0.911 bits per heavy atom. The zero-order valence-electron chi connectivity index (χ0n) is 23.1. The molecular weight excluding hydrogens is 628 g/mol. The summed E-state index contributed by atoms with van der Waals surface area (Å²) >= 11 is 0. The van der Waals surface area contributed by atoms with Crippen LogP contribution in [-0.4, -0.2) is 59.9 Å². The fourth-order valence-corrected chi connectivity index (χ4v) is 6.09. The third-order valence-corrected chi connectivity index (χ3v) is 8.26. The largest absolute Gasteiger partial charge is 1.00 e. The van der Waals surface area contributed by atoms with Crippen LogP contribution in [0.3, 0.4) is 0 Å². The van der Waals surface area contributed by atoms with Gasteiger partial charge in [0.05, 0.1) is 22.2 Å². The van der Waals surface area contributed by atoms with E-state index in [1.54, 1.807) is 0 Å². The molecule has 222 valence electrons. The van der Waals surface area contributed by atoms with Gasteiger partial charge >= 0.3 is 49.7 Å². The first-order valence-corrected chi connectivity index (χ1v) is 14.6. The number of nitrogens with one attached hydrogen (secondary N) is 1. The summed E-state index contributed by atoms with van der Waals surface area (Å²) in [7, 11) is -11.0. The van der Waals surface area contributed by atoms with E-state index in [9.17, 15) is 50.2 Å². The standard InChI is InChI=1S/C25H17N3O13S2.2Li/c26-15-5-3-12-19(13-4-6-16(27)23(43(37,38)39)21(13)40-20(12)22(15)42(34,35)36)14-9-10(1-2-11(14)24(31)32)25(33)41-28-17(29)7-8-18(28)30;;/h1-6,9,26H,7-8,27H2,(H,31,32)(H,34,35,36)(H,37,38,39);;/q;2*+1/p-2. The minimum absolute atomic E-state index is 0. The normalized spacial score (nSPS) is 13.4. The Balaban J connectivity index is 0.00000276. The Morgan fingerprint density at radius 3 is 2.07 bits per heavy atom. The SMILES string of the molecule is N=c1ccc2c(-c3cc(C(=O)ON4C(=O)CCC4=O)ccc3C(=O)O)c3ccc(N)c(S(=O)(=O)[O-])c3oc-2c1S(=O)(=O)[O-].[Li+].[Li+]. The molecule has 0 unspecified atom stereocenters. The van der Waals surface area contributed by atoms with E-state index in [4.69, 9.17) is 20.4 Å². The molecule has 2 aliphatic heterocycles. The van der Waals surface area contributed by atoms with Gasteiger partial charge in [-0.25, -0.2) is 26.4 Å². The second-order valence-corrected chi connectivity index (χ2v) is 11.7. The number of hydrogen-bond acceptors (Lipinski definition) is 14. The summed E-state index contributed by atoms with van der Waals surface area (Å²) in [5.74, 6) is -5.38. The first-order chi connectivity index (χ1) is 20.0. The summed E-state index contributed by atoms with van der Waals surface area (Å²) in [6.45, 7) is 0. The van der Waals surface area contributed by atoms with Crippen molar-refractivity contribution in [1.29, 1.82) is 5.41 Å². The molecule has 45 heavy (non-hydrogen) atoms. The van der Waals surface area contributed by atoms with Gasteiger partial charge in [-0.15, -0.1) is 5.06 Å². The van der Waals surface area contributed by atoms with E-state index in [1.807, 2.05) is 0 Å². The van der Waals surface area contributed by atoms with Gasteiger partial charge in [-0.3, -0.25) is 15.0 Å². The molecular formula is C25H15Li2N3O13S2. The van der Waals surface area contributed by atoms with Crippen LogP contribution in [0.25, 0.3) is 33.4 Å². The van der Waals surface area contributed by atoms with Crippen molar-refractivity contribution in [2.75, 3.05) is 5.73 Å². The van der Waals surface area contributed by atoms with Crippen LogP contribution in [0.15, 0.2) is 56.7 Å². The summed E-state index contributed by atoms with van der Waals surface area (Å²) in [6, 6.07) is 6.89. The van der Waals surface area contributed by atoms with Crippen molar-refractivity contribution in [3.63, 3.8) is 0 Å². The van der Waals surface area contributed by atoms with Crippen molar-refractivity contribution in [2.45, 2.75) is 22.6 Å². The van der Waals surface area contributed by atoms with Gasteiger partial charge < -0.3 is 29.2 Å². The fraction of sp³-hybridized carbons (Fsp3) is 0.0800. The van der Waals surface area contributed by atoms with Crippen LogP contribution in [-0.2, 0) is 34.7 Å². The summed E-state index contributed by atoms with van der Waals surface area (Å²) in [5.41, 5.74) is 2.17. The second-order valence-electron chi connectivity index (χ2n) is 9.09. The van der Waals surface area contributed by atoms with Crippen molar-refractivity contribution in [2.24, 2.45) is 0 Å². The van der Waals surface area contributed by atoms with E-state index in [2.05, 4.69) is 0 Å². The molecule has 1 aliphatic carbocycles.